The van der Waals surface area contributed by atoms with Crippen LogP contribution in [0.15, 0.2) is 53.1 Å². The van der Waals surface area contributed by atoms with E-state index in [0.717, 1.165) is 0 Å². The monoisotopic (exact) mass is 311 g/mol. The summed E-state index contributed by atoms with van der Waals surface area (Å²) in [5.41, 5.74) is 1.19. The van der Waals surface area contributed by atoms with Crippen molar-refractivity contribution in [2.75, 3.05) is 7.11 Å². The Labute approximate surface area is 130 Å². The summed E-state index contributed by atoms with van der Waals surface area (Å²) >= 11 is 0. The fourth-order valence-corrected chi connectivity index (χ4v) is 2.11. The maximum absolute atomic E-state index is 11.9. The molecule has 0 aliphatic rings. The number of furan rings is 1. The van der Waals surface area contributed by atoms with Gasteiger partial charge < -0.3 is 19.1 Å². The van der Waals surface area contributed by atoms with Gasteiger partial charge in [-0.3, -0.25) is 0 Å². The molecule has 0 aliphatic carbocycles. The fraction of sp³-hybridized carbons (Fsp3) is 0.0625. The molecule has 2 aromatic heterocycles. The lowest BCUT2D eigenvalue weighted by atomic mass is 10.2. The van der Waals surface area contributed by atoms with Gasteiger partial charge in [-0.25, -0.2) is 9.48 Å². The molecule has 1 aromatic carbocycles. The number of aromatic nitrogens is 2. The minimum absolute atomic E-state index is 0.0341. The van der Waals surface area contributed by atoms with Gasteiger partial charge in [-0.15, -0.1) is 0 Å². The van der Waals surface area contributed by atoms with E-state index in [1.807, 2.05) is 0 Å². The van der Waals surface area contributed by atoms with Crippen molar-refractivity contribution in [2.45, 2.75) is 0 Å². The van der Waals surface area contributed by atoms with Crippen molar-refractivity contribution in [2.24, 2.45) is 0 Å². The molecule has 0 spiro atoms. The van der Waals surface area contributed by atoms with Crippen LogP contribution >= 0.6 is 0 Å². The molecule has 7 heteroatoms. The first-order chi connectivity index (χ1) is 11.1. The third-order valence-electron chi connectivity index (χ3n) is 3.23. The zero-order chi connectivity index (χ0) is 16.4. The number of carbonyl (C=O) groups excluding carboxylic acids is 2. The van der Waals surface area contributed by atoms with Gasteiger partial charge in [0.1, 0.15) is 5.69 Å². The van der Waals surface area contributed by atoms with Gasteiger partial charge in [0.2, 0.25) is 0 Å². The van der Waals surface area contributed by atoms with Gasteiger partial charge in [-0.1, -0.05) is 12.1 Å². The number of ether oxygens (including phenoxy) is 1. The summed E-state index contributed by atoms with van der Waals surface area (Å²) in [5.74, 6) is -1.35. The molecule has 0 unspecified atom stereocenters. The van der Waals surface area contributed by atoms with E-state index in [2.05, 4.69) is 5.10 Å². The fourth-order valence-electron chi connectivity index (χ4n) is 2.11. The molecule has 0 N–H and O–H groups in total. The summed E-state index contributed by atoms with van der Waals surface area (Å²) in [6, 6.07) is 10.8. The molecule has 0 fully saturated rings. The van der Waals surface area contributed by atoms with E-state index in [1.54, 1.807) is 12.1 Å². The van der Waals surface area contributed by atoms with Crippen molar-refractivity contribution in [3.8, 4) is 17.1 Å². The SMILES string of the molecule is COC(=O)c1cc(-c2ccco2)nn1-c1ccc(C(=O)[O-])cc1. The third kappa shape index (κ3) is 2.71. The number of methoxy groups -OCH3 is 1. The van der Waals surface area contributed by atoms with Crippen LogP contribution in [0.1, 0.15) is 20.8 Å². The second-order valence-corrected chi connectivity index (χ2v) is 4.63. The Kier molecular flexibility index (Phi) is 3.68. The first-order valence-electron chi connectivity index (χ1n) is 6.64. The molecule has 116 valence electrons. The highest BCUT2D eigenvalue weighted by molar-refractivity contribution is 5.90. The average Bonchev–Trinajstić information content (AvgIpc) is 3.23. The largest absolute Gasteiger partial charge is 0.545 e. The first kappa shape index (κ1) is 14.6. The van der Waals surface area contributed by atoms with E-state index in [-0.39, 0.29) is 11.3 Å². The Morgan fingerprint density at radius 3 is 2.52 bits per heavy atom. The lowest BCUT2D eigenvalue weighted by Gasteiger charge is -2.07. The summed E-state index contributed by atoms with van der Waals surface area (Å²) in [6.07, 6.45) is 1.50. The van der Waals surface area contributed by atoms with Crippen molar-refractivity contribution >= 4 is 11.9 Å². The van der Waals surface area contributed by atoms with Gasteiger partial charge in [-0.05, 0) is 29.8 Å². The first-order valence-corrected chi connectivity index (χ1v) is 6.64. The highest BCUT2D eigenvalue weighted by atomic mass is 16.5. The van der Waals surface area contributed by atoms with Crippen LogP contribution < -0.4 is 5.11 Å². The maximum atomic E-state index is 11.9. The molecular weight excluding hydrogens is 300 g/mol. The number of esters is 1. The summed E-state index contributed by atoms with van der Waals surface area (Å²) < 4.78 is 11.4. The van der Waals surface area contributed by atoms with E-state index in [4.69, 9.17) is 9.15 Å². The minimum atomic E-state index is -1.28. The Hall–Kier alpha value is -3.35. The molecule has 23 heavy (non-hydrogen) atoms. The minimum Gasteiger partial charge on any atom is -0.545 e. The van der Waals surface area contributed by atoms with Crippen LogP contribution in [0, 0.1) is 0 Å². The Balaban J connectivity index is 2.09. The summed E-state index contributed by atoms with van der Waals surface area (Å²) in [7, 11) is 1.27. The third-order valence-corrected chi connectivity index (χ3v) is 3.23. The molecule has 7 nitrogen and oxygen atoms in total. The molecule has 0 saturated carbocycles. The zero-order valence-electron chi connectivity index (χ0n) is 12.1. The van der Waals surface area contributed by atoms with Crippen LogP contribution in [0.4, 0.5) is 0 Å². The van der Waals surface area contributed by atoms with Crippen LogP contribution in [0.25, 0.3) is 17.1 Å². The number of aromatic carboxylic acids is 1. The summed E-state index contributed by atoms with van der Waals surface area (Å²) in [5, 5.41) is 15.1. The quantitative estimate of drug-likeness (QED) is 0.673. The number of nitrogens with zero attached hydrogens (tertiary/aromatic N) is 2. The lowest BCUT2D eigenvalue weighted by molar-refractivity contribution is -0.255. The molecule has 0 saturated heterocycles. The number of hydrogen-bond donors (Lipinski definition) is 0. The van der Waals surface area contributed by atoms with E-state index in [0.29, 0.717) is 17.1 Å². The second kappa shape index (κ2) is 5.80. The molecule has 0 atom stereocenters. The van der Waals surface area contributed by atoms with Crippen LogP contribution in [0.2, 0.25) is 0 Å². The van der Waals surface area contributed by atoms with Crippen LogP contribution in [0.5, 0.6) is 0 Å². The smallest absolute Gasteiger partial charge is 0.356 e. The molecule has 3 aromatic rings. The van der Waals surface area contributed by atoms with Crippen molar-refractivity contribution in [1.82, 2.24) is 9.78 Å². The van der Waals surface area contributed by atoms with E-state index < -0.39 is 11.9 Å². The summed E-state index contributed by atoms with van der Waals surface area (Å²) in [4.78, 5) is 22.8. The number of benzene rings is 1. The number of rotatable bonds is 4. The van der Waals surface area contributed by atoms with Crippen molar-refractivity contribution in [1.29, 1.82) is 0 Å². The summed E-state index contributed by atoms with van der Waals surface area (Å²) in [6.45, 7) is 0. The lowest BCUT2D eigenvalue weighted by Crippen LogP contribution is -2.22. The predicted octanol–water partition coefficient (Wildman–Crippen LogP) is 1.28. The molecule has 0 radical (unpaired) electrons. The molecular formula is C16H11N2O5-. The van der Waals surface area contributed by atoms with Gasteiger partial charge in [0.15, 0.2) is 11.5 Å². The van der Waals surface area contributed by atoms with Crippen LogP contribution in [0.3, 0.4) is 0 Å². The molecule has 0 amide bonds. The topological polar surface area (TPSA) is 97.4 Å². The predicted molar refractivity (Wildman–Crippen MR) is 76.9 cm³/mol. The van der Waals surface area contributed by atoms with Gasteiger partial charge in [0.05, 0.1) is 25.0 Å². The highest BCUT2D eigenvalue weighted by Gasteiger charge is 2.19. The highest BCUT2D eigenvalue weighted by Crippen LogP contribution is 2.22. The molecule has 2 heterocycles. The van der Waals surface area contributed by atoms with Crippen molar-refractivity contribution in [3.05, 3.63) is 60.0 Å². The van der Waals surface area contributed by atoms with Gasteiger partial charge in [-0.2, -0.15) is 5.10 Å². The van der Waals surface area contributed by atoms with E-state index >= 15 is 0 Å². The number of carboxylic acids is 1. The Bertz CT molecular complexity index is 847. The van der Waals surface area contributed by atoms with Gasteiger partial charge >= 0.3 is 5.97 Å². The van der Waals surface area contributed by atoms with Crippen LogP contribution in [-0.4, -0.2) is 28.8 Å². The van der Waals surface area contributed by atoms with Gasteiger partial charge in [0, 0.05) is 6.07 Å². The number of hydrogen-bond acceptors (Lipinski definition) is 6. The molecule has 0 bridgehead atoms. The standard InChI is InChI=1S/C16H12N2O5/c1-22-16(21)13-9-12(14-3-2-8-23-14)17-18(13)11-6-4-10(5-7-11)15(19)20/h2-9H,1H3,(H,19,20)/p-1. The normalized spacial score (nSPS) is 10.5. The molecule has 0 aliphatic heterocycles. The Morgan fingerprint density at radius 1 is 1.22 bits per heavy atom. The zero-order valence-corrected chi connectivity index (χ0v) is 12.1. The molecule has 3 rings (SSSR count). The van der Waals surface area contributed by atoms with Crippen molar-refractivity contribution in [3.63, 3.8) is 0 Å². The number of carbonyl (C=O) groups is 2. The van der Waals surface area contributed by atoms with Crippen LogP contribution in [-0.2, 0) is 4.74 Å². The maximum Gasteiger partial charge on any atom is 0.356 e. The Morgan fingerprint density at radius 2 is 1.96 bits per heavy atom. The average molecular weight is 311 g/mol. The van der Waals surface area contributed by atoms with Crippen molar-refractivity contribution < 1.29 is 23.8 Å². The van der Waals surface area contributed by atoms with E-state index in [1.165, 1.54) is 48.4 Å². The second-order valence-electron chi connectivity index (χ2n) is 4.63. The van der Waals surface area contributed by atoms with E-state index in [9.17, 15) is 14.7 Å². The van der Waals surface area contributed by atoms with Gasteiger partial charge in [0.25, 0.3) is 0 Å². The number of carboxylic acid groups (broad SMARTS) is 1.